The number of carbonyl (C=O) groups excluding carboxylic acids is 2. The van der Waals surface area contributed by atoms with Crippen LogP contribution in [-0.4, -0.2) is 24.5 Å². The summed E-state index contributed by atoms with van der Waals surface area (Å²) in [6, 6.07) is 26.4. The van der Waals surface area contributed by atoms with Gasteiger partial charge in [0.15, 0.2) is 0 Å². The van der Waals surface area contributed by atoms with Gasteiger partial charge in [-0.05, 0) is 48.2 Å². The number of benzene rings is 3. The third-order valence-corrected chi connectivity index (χ3v) is 5.06. The van der Waals surface area contributed by atoms with Crippen molar-refractivity contribution >= 4 is 23.3 Å². The monoisotopic (exact) mass is 385 g/mol. The van der Waals surface area contributed by atoms with Crippen LogP contribution < -0.4 is 15.5 Å². The van der Waals surface area contributed by atoms with Gasteiger partial charge in [0, 0.05) is 17.9 Å². The molecule has 5 heteroatoms. The minimum absolute atomic E-state index is 0.0769. The number of para-hydroxylation sites is 1. The Kier molecular flexibility index (Phi) is 5.56. The van der Waals surface area contributed by atoms with Gasteiger partial charge in [0.2, 0.25) is 5.91 Å². The number of piperidine rings is 1. The average molecular weight is 385 g/mol. The number of rotatable bonds is 4. The van der Waals surface area contributed by atoms with Crippen LogP contribution in [0.25, 0.3) is 11.1 Å². The Labute approximate surface area is 170 Å². The van der Waals surface area contributed by atoms with Crippen LogP contribution in [0.5, 0.6) is 0 Å². The molecule has 0 saturated carbocycles. The number of hydrogen-bond donors (Lipinski definition) is 2. The highest BCUT2D eigenvalue weighted by molar-refractivity contribution is 6.01. The lowest BCUT2D eigenvalue weighted by atomic mass is 10.0. The lowest BCUT2D eigenvalue weighted by molar-refractivity contribution is -0.121. The van der Waals surface area contributed by atoms with Crippen molar-refractivity contribution in [2.75, 3.05) is 16.8 Å². The summed E-state index contributed by atoms with van der Waals surface area (Å²) in [5.74, 6) is -0.0769. The Balaban J connectivity index is 1.42. The van der Waals surface area contributed by atoms with Crippen LogP contribution in [0.3, 0.4) is 0 Å². The summed E-state index contributed by atoms with van der Waals surface area (Å²) in [6.07, 6.45) is 1.47. The first-order chi connectivity index (χ1) is 14.2. The number of urea groups is 1. The van der Waals surface area contributed by atoms with Crippen molar-refractivity contribution in [3.05, 3.63) is 84.9 Å². The second kappa shape index (κ2) is 8.61. The highest BCUT2D eigenvalue weighted by atomic mass is 16.2. The molecule has 1 fully saturated rings. The molecule has 146 valence electrons. The van der Waals surface area contributed by atoms with E-state index in [0.717, 1.165) is 23.2 Å². The molecule has 0 unspecified atom stereocenters. The van der Waals surface area contributed by atoms with Crippen LogP contribution in [-0.2, 0) is 4.79 Å². The van der Waals surface area contributed by atoms with Crippen LogP contribution in [0.4, 0.5) is 16.2 Å². The number of hydrogen-bond acceptors (Lipinski definition) is 2. The first kappa shape index (κ1) is 18.7. The van der Waals surface area contributed by atoms with Crippen molar-refractivity contribution in [2.45, 2.75) is 18.9 Å². The maximum Gasteiger partial charge on any atom is 0.319 e. The summed E-state index contributed by atoms with van der Waals surface area (Å²) in [7, 11) is 0. The standard InChI is InChI=1S/C24H23N3O2/c28-23-22(26-24(29)25-20-10-5-2-6-11-20)12-7-17-27(23)21-15-13-19(14-16-21)18-8-3-1-4-9-18/h1-6,8-11,13-16,22H,7,12,17H2,(H2,25,26,29)/t22-/m1/s1. The van der Waals surface area contributed by atoms with Crippen LogP contribution in [0, 0.1) is 0 Å². The maximum absolute atomic E-state index is 13.0. The third kappa shape index (κ3) is 4.46. The zero-order valence-electron chi connectivity index (χ0n) is 16.0. The average Bonchev–Trinajstić information content (AvgIpc) is 2.77. The van der Waals surface area contributed by atoms with Gasteiger partial charge in [0.1, 0.15) is 6.04 Å². The summed E-state index contributed by atoms with van der Waals surface area (Å²) < 4.78 is 0. The second-order valence-corrected chi connectivity index (χ2v) is 7.06. The van der Waals surface area contributed by atoms with E-state index in [-0.39, 0.29) is 11.9 Å². The molecule has 0 aromatic heterocycles. The minimum atomic E-state index is -0.527. The zero-order valence-corrected chi connectivity index (χ0v) is 16.0. The van der Waals surface area contributed by atoms with E-state index in [9.17, 15) is 9.59 Å². The Morgan fingerprint density at radius 2 is 1.45 bits per heavy atom. The summed E-state index contributed by atoms with van der Waals surface area (Å²) in [5.41, 5.74) is 3.79. The summed E-state index contributed by atoms with van der Waals surface area (Å²) >= 11 is 0. The molecule has 29 heavy (non-hydrogen) atoms. The van der Waals surface area contributed by atoms with Crippen molar-refractivity contribution in [2.24, 2.45) is 0 Å². The van der Waals surface area contributed by atoms with E-state index in [1.807, 2.05) is 72.8 Å². The molecule has 1 atom stereocenters. The molecule has 1 heterocycles. The van der Waals surface area contributed by atoms with Crippen molar-refractivity contribution in [1.82, 2.24) is 5.32 Å². The van der Waals surface area contributed by atoms with E-state index in [0.29, 0.717) is 18.7 Å². The molecule has 0 bridgehead atoms. The molecule has 0 aliphatic carbocycles. The van der Waals surface area contributed by atoms with Gasteiger partial charge in [0.25, 0.3) is 0 Å². The van der Waals surface area contributed by atoms with Gasteiger partial charge in [-0.25, -0.2) is 4.79 Å². The van der Waals surface area contributed by atoms with E-state index in [4.69, 9.17) is 0 Å². The molecule has 1 aliphatic heterocycles. The summed E-state index contributed by atoms with van der Waals surface area (Å²) in [5, 5.41) is 5.58. The van der Waals surface area contributed by atoms with Crippen molar-refractivity contribution in [3.8, 4) is 11.1 Å². The Morgan fingerprint density at radius 1 is 0.828 bits per heavy atom. The lowest BCUT2D eigenvalue weighted by Gasteiger charge is -2.32. The highest BCUT2D eigenvalue weighted by Gasteiger charge is 2.30. The Morgan fingerprint density at radius 3 is 2.14 bits per heavy atom. The third-order valence-electron chi connectivity index (χ3n) is 5.06. The summed E-state index contributed by atoms with van der Waals surface area (Å²) in [6.45, 7) is 0.655. The molecule has 0 spiro atoms. The van der Waals surface area contributed by atoms with Crippen LogP contribution >= 0.6 is 0 Å². The molecule has 3 aromatic carbocycles. The van der Waals surface area contributed by atoms with Gasteiger partial charge in [0.05, 0.1) is 0 Å². The molecule has 3 amide bonds. The van der Waals surface area contributed by atoms with Crippen molar-refractivity contribution in [3.63, 3.8) is 0 Å². The Hall–Kier alpha value is -3.60. The van der Waals surface area contributed by atoms with Crippen molar-refractivity contribution < 1.29 is 9.59 Å². The van der Waals surface area contributed by atoms with E-state index in [2.05, 4.69) is 22.8 Å². The smallest absolute Gasteiger partial charge is 0.319 e. The lowest BCUT2D eigenvalue weighted by Crippen LogP contribution is -2.53. The number of amides is 3. The molecule has 1 aliphatic rings. The van der Waals surface area contributed by atoms with Crippen LogP contribution in [0.1, 0.15) is 12.8 Å². The molecule has 4 rings (SSSR count). The van der Waals surface area contributed by atoms with E-state index < -0.39 is 6.04 Å². The molecule has 2 N–H and O–H groups in total. The van der Waals surface area contributed by atoms with Gasteiger partial charge in [-0.2, -0.15) is 0 Å². The number of carbonyl (C=O) groups is 2. The number of nitrogens with zero attached hydrogens (tertiary/aromatic N) is 1. The predicted octanol–water partition coefficient (Wildman–Crippen LogP) is 4.67. The normalized spacial score (nSPS) is 16.3. The van der Waals surface area contributed by atoms with Crippen LogP contribution in [0.2, 0.25) is 0 Å². The summed E-state index contributed by atoms with van der Waals surface area (Å²) in [4.78, 5) is 27.0. The fourth-order valence-corrected chi connectivity index (χ4v) is 3.58. The quantitative estimate of drug-likeness (QED) is 0.686. The fraction of sp³-hybridized carbons (Fsp3) is 0.167. The van der Waals surface area contributed by atoms with E-state index >= 15 is 0 Å². The highest BCUT2D eigenvalue weighted by Crippen LogP contribution is 2.25. The maximum atomic E-state index is 13.0. The zero-order chi connectivity index (χ0) is 20.1. The largest absolute Gasteiger partial charge is 0.326 e. The van der Waals surface area contributed by atoms with Gasteiger partial charge in [-0.3, -0.25) is 4.79 Å². The minimum Gasteiger partial charge on any atom is -0.326 e. The SMILES string of the molecule is O=C(Nc1ccccc1)N[C@@H]1CCCN(c2ccc(-c3ccccc3)cc2)C1=O. The van der Waals surface area contributed by atoms with Crippen LogP contribution in [0.15, 0.2) is 84.9 Å². The number of anilines is 2. The Bertz CT molecular complexity index is 972. The molecular formula is C24H23N3O2. The number of nitrogens with one attached hydrogen (secondary N) is 2. The van der Waals surface area contributed by atoms with E-state index in [1.54, 1.807) is 4.90 Å². The first-order valence-corrected chi connectivity index (χ1v) is 9.80. The molecule has 3 aromatic rings. The first-order valence-electron chi connectivity index (χ1n) is 9.80. The van der Waals surface area contributed by atoms with Gasteiger partial charge < -0.3 is 15.5 Å². The molecule has 1 saturated heterocycles. The second-order valence-electron chi connectivity index (χ2n) is 7.06. The molecule has 5 nitrogen and oxygen atoms in total. The fourth-order valence-electron chi connectivity index (χ4n) is 3.58. The van der Waals surface area contributed by atoms with Gasteiger partial charge in [-0.1, -0.05) is 60.7 Å². The van der Waals surface area contributed by atoms with Crippen molar-refractivity contribution in [1.29, 1.82) is 0 Å². The van der Waals surface area contributed by atoms with Gasteiger partial charge >= 0.3 is 6.03 Å². The van der Waals surface area contributed by atoms with E-state index in [1.165, 1.54) is 0 Å². The molecular weight excluding hydrogens is 362 g/mol. The topological polar surface area (TPSA) is 61.4 Å². The predicted molar refractivity (Wildman–Crippen MR) is 116 cm³/mol. The van der Waals surface area contributed by atoms with Gasteiger partial charge in [-0.15, -0.1) is 0 Å². The molecule has 0 radical (unpaired) electrons.